The summed E-state index contributed by atoms with van der Waals surface area (Å²) >= 11 is 0. The van der Waals surface area contributed by atoms with E-state index in [-0.39, 0.29) is 5.91 Å². The van der Waals surface area contributed by atoms with Crippen molar-refractivity contribution in [1.82, 2.24) is 9.88 Å². The number of hydrogen-bond acceptors (Lipinski definition) is 3. The molecule has 1 aliphatic heterocycles. The number of pyridine rings is 1. The molecule has 0 radical (unpaired) electrons. The Morgan fingerprint density at radius 3 is 2.85 bits per heavy atom. The maximum absolute atomic E-state index is 12.6. The molecule has 0 bridgehead atoms. The van der Waals surface area contributed by atoms with E-state index in [9.17, 15) is 4.79 Å². The van der Waals surface area contributed by atoms with Gasteiger partial charge in [-0.2, -0.15) is 0 Å². The van der Waals surface area contributed by atoms with E-state index in [1.54, 1.807) is 25.5 Å². The molecule has 0 unspecified atom stereocenters. The number of rotatable bonds is 2. The molecule has 1 aromatic carbocycles. The molecule has 3 rings (SSSR count). The third kappa shape index (κ3) is 2.25. The van der Waals surface area contributed by atoms with Gasteiger partial charge in [0.05, 0.1) is 17.4 Å². The van der Waals surface area contributed by atoms with Gasteiger partial charge in [-0.15, -0.1) is 0 Å². The second-order valence-electron chi connectivity index (χ2n) is 4.92. The fourth-order valence-corrected chi connectivity index (χ4v) is 2.62. The molecule has 1 aromatic heterocycles. The second-order valence-corrected chi connectivity index (χ2v) is 4.92. The lowest BCUT2D eigenvalue weighted by Gasteiger charge is -2.29. The van der Waals surface area contributed by atoms with E-state index in [0.29, 0.717) is 12.1 Å². The van der Waals surface area contributed by atoms with E-state index in [2.05, 4.69) is 28.5 Å². The van der Waals surface area contributed by atoms with Crippen LogP contribution in [0.15, 0.2) is 42.7 Å². The zero-order chi connectivity index (χ0) is 13.9. The highest BCUT2D eigenvalue weighted by Gasteiger charge is 2.23. The molecule has 1 amide bonds. The van der Waals surface area contributed by atoms with Crippen LogP contribution in [0.4, 0.5) is 5.69 Å². The largest absolute Gasteiger partial charge is 0.386 e. The lowest BCUT2D eigenvalue weighted by molar-refractivity contribution is 0.0735. The zero-order valence-electron chi connectivity index (χ0n) is 11.5. The SMILES string of the molecule is CNc1cnccc1C(=O)N1CCc2ccccc2C1. The summed E-state index contributed by atoms with van der Waals surface area (Å²) in [6, 6.07) is 10.1. The first kappa shape index (κ1) is 12.7. The first-order valence-corrected chi connectivity index (χ1v) is 6.77. The molecule has 4 heteroatoms. The van der Waals surface area contributed by atoms with Crippen LogP contribution in [0.2, 0.25) is 0 Å². The summed E-state index contributed by atoms with van der Waals surface area (Å²) in [5.41, 5.74) is 4.05. The van der Waals surface area contributed by atoms with Crippen molar-refractivity contribution in [3.05, 3.63) is 59.4 Å². The van der Waals surface area contributed by atoms with Gasteiger partial charge < -0.3 is 10.2 Å². The van der Waals surface area contributed by atoms with Gasteiger partial charge in [0.1, 0.15) is 0 Å². The monoisotopic (exact) mass is 267 g/mol. The summed E-state index contributed by atoms with van der Waals surface area (Å²) in [6.07, 6.45) is 4.26. The fraction of sp³-hybridized carbons (Fsp3) is 0.250. The van der Waals surface area contributed by atoms with E-state index >= 15 is 0 Å². The molecule has 4 nitrogen and oxygen atoms in total. The number of amides is 1. The van der Waals surface area contributed by atoms with Gasteiger partial charge in [0, 0.05) is 26.3 Å². The van der Waals surface area contributed by atoms with Gasteiger partial charge >= 0.3 is 0 Å². The number of anilines is 1. The maximum atomic E-state index is 12.6. The smallest absolute Gasteiger partial charge is 0.256 e. The number of fused-ring (bicyclic) bond motifs is 1. The second kappa shape index (κ2) is 5.33. The molecule has 20 heavy (non-hydrogen) atoms. The highest BCUT2D eigenvalue weighted by molar-refractivity contribution is 5.99. The molecule has 2 aromatic rings. The molecule has 0 saturated carbocycles. The van der Waals surface area contributed by atoms with Crippen molar-refractivity contribution < 1.29 is 4.79 Å². The van der Waals surface area contributed by atoms with Crippen molar-refractivity contribution in [2.75, 3.05) is 18.9 Å². The Labute approximate surface area is 118 Å². The lowest BCUT2D eigenvalue weighted by Crippen LogP contribution is -2.36. The quantitative estimate of drug-likeness (QED) is 0.908. The Morgan fingerprint density at radius 1 is 1.25 bits per heavy atom. The summed E-state index contributed by atoms with van der Waals surface area (Å²) < 4.78 is 0. The Balaban J connectivity index is 1.86. The van der Waals surface area contributed by atoms with Gasteiger partial charge in [0.15, 0.2) is 0 Å². The normalized spacial score (nSPS) is 13.8. The number of benzene rings is 1. The Bertz CT molecular complexity index is 639. The minimum Gasteiger partial charge on any atom is -0.386 e. The molecular formula is C16H17N3O. The first-order valence-electron chi connectivity index (χ1n) is 6.77. The van der Waals surface area contributed by atoms with Crippen LogP contribution >= 0.6 is 0 Å². The number of nitrogens with zero attached hydrogens (tertiary/aromatic N) is 2. The standard InChI is InChI=1S/C16H17N3O/c1-17-15-10-18-8-6-14(15)16(20)19-9-7-12-4-2-3-5-13(12)11-19/h2-6,8,10,17H,7,9,11H2,1H3. The van der Waals surface area contributed by atoms with Crippen LogP contribution in [0.1, 0.15) is 21.5 Å². The van der Waals surface area contributed by atoms with Gasteiger partial charge in [0.25, 0.3) is 5.91 Å². The van der Waals surface area contributed by atoms with Gasteiger partial charge in [-0.1, -0.05) is 24.3 Å². The third-order valence-electron chi connectivity index (χ3n) is 3.74. The summed E-state index contributed by atoms with van der Waals surface area (Å²) in [5.74, 6) is 0.0613. The number of aromatic nitrogens is 1. The molecule has 0 fully saturated rings. The van der Waals surface area contributed by atoms with E-state index in [0.717, 1.165) is 18.7 Å². The molecule has 1 aliphatic rings. The summed E-state index contributed by atoms with van der Waals surface area (Å²) in [7, 11) is 1.80. The van der Waals surface area contributed by atoms with E-state index < -0.39 is 0 Å². The Kier molecular flexibility index (Phi) is 3.37. The highest BCUT2D eigenvalue weighted by Crippen LogP contribution is 2.22. The molecule has 0 aliphatic carbocycles. The number of nitrogens with one attached hydrogen (secondary N) is 1. The van der Waals surface area contributed by atoms with E-state index in [1.165, 1.54) is 11.1 Å². The summed E-state index contributed by atoms with van der Waals surface area (Å²) in [4.78, 5) is 18.6. The lowest BCUT2D eigenvalue weighted by atomic mass is 9.99. The number of carbonyl (C=O) groups excluding carboxylic acids is 1. The van der Waals surface area contributed by atoms with E-state index in [1.807, 2.05) is 11.0 Å². The average Bonchev–Trinajstić information content (AvgIpc) is 2.53. The molecule has 1 N–H and O–H groups in total. The van der Waals surface area contributed by atoms with Crippen molar-refractivity contribution in [2.45, 2.75) is 13.0 Å². The topological polar surface area (TPSA) is 45.2 Å². The third-order valence-corrected chi connectivity index (χ3v) is 3.74. The van der Waals surface area contributed by atoms with Crippen molar-refractivity contribution in [3.63, 3.8) is 0 Å². The molecule has 2 heterocycles. The van der Waals surface area contributed by atoms with E-state index in [4.69, 9.17) is 0 Å². The average molecular weight is 267 g/mol. The first-order chi connectivity index (χ1) is 9.79. The molecule has 0 atom stereocenters. The van der Waals surface area contributed by atoms with Crippen LogP contribution in [0.25, 0.3) is 0 Å². The molecular weight excluding hydrogens is 250 g/mol. The molecule has 0 saturated heterocycles. The number of carbonyl (C=O) groups is 1. The van der Waals surface area contributed by atoms with Crippen LogP contribution < -0.4 is 5.32 Å². The van der Waals surface area contributed by atoms with Crippen molar-refractivity contribution in [3.8, 4) is 0 Å². The van der Waals surface area contributed by atoms with Crippen LogP contribution in [0, 0.1) is 0 Å². The van der Waals surface area contributed by atoms with Crippen LogP contribution in [0.5, 0.6) is 0 Å². The van der Waals surface area contributed by atoms with Crippen molar-refractivity contribution >= 4 is 11.6 Å². The van der Waals surface area contributed by atoms with Gasteiger partial charge in [-0.3, -0.25) is 9.78 Å². The van der Waals surface area contributed by atoms with Crippen molar-refractivity contribution in [2.24, 2.45) is 0 Å². The van der Waals surface area contributed by atoms with Gasteiger partial charge in [-0.25, -0.2) is 0 Å². The zero-order valence-corrected chi connectivity index (χ0v) is 11.5. The number of hydrogen-bond donors (Lipinski definition) is 1. The minimum absolute atomic E-state index is 0.0613. The summed E-state index contributed by atoms with van der Waals surface area (Å²) in [5, 5.41) is 3.02. The Morgan fingerprint density at radius 2 is 2.05 bits per heavy atom. The minimum atomic E-state index is 0.0613. The van der Waals surface area contributed by atoms with Crippen LogP contribution in [-0.2, 0) is 13.0 Å². The summed E-state index contributed by atoms with van der Waals surface area (Å²) in [6.45, 7) is 1.45. The molecule has 102 valence electrons. The fourth-order valence-electron chi connectivity index (χ4n) is 2.62. The predicted octanol–water partition coefficient (Wildman–Crippen LogP) is 2.32. The Hall–Kier alpha value is -2.36. The molecule has 0 spiro atoms. The van der Waals surface area contributed by atoms with Gasteiger partial charge in [-0.05, 0) is 23.6 Å². The van der Waals surface area contributed by atoms with Crippen LogP contribution in [-0.4, -0.2) is 29.4 Å². The van der Waals surface area contributed by atoms with Crippen molar-refractivity contribution in [1.29, 1.82) is 0 Å². The predicted molar refractivity (Wildman–Crippen MR) is 78.7 cm³/mol. The highest BCUT2D eigenvalue weighted by atomic mass is 16.2. The van der Waals surface area contributed by atoms with Crippen LogP contribution in [0.3, 0.4) is 0 Å². The maximum Gasteiger partial charge on any atom is 0.256 e. The van der Waals surface area contributed by atoms with Gasteiger partial charge in [0.2, 0.25) is 0 Å².